The first-order valence-electron chi connectivity index (χ1n) is 5.49. The number of carbonyl (C=O) groups excluding carboxylic acids is 2. The summed E-state index contributed by atoms with van der Waals surface area (Å²) >= 11 is 0. The maximum atomic E-state index is 11.0. The number of rotatable bonds is 2. The molecule has 0 amide bonds. The summed E-state index contributed by atoms with van der Waals surface area (Å²) in [5.74, 6) is 0.216. The largest absolute Gasteiger partial charge is 0.462 e. The molecule has 1 aliphatic heterocycles. The second-order valence-electron chi connectivity index (χ2n) is 4.97. The first kappa shape index (κ1) is 15.6. The van der Waals surface area contributed by atoms with E-state index >= 15 is 0 Å². The molecule has 1 N–H and O–H groups in total. The van der Waals surface area contributed by atoms with Gasteiger partial charge in [0.1, 0.15) is 5.60 Å². The number of hydrogen-bond acceptors (Lipinski definition) is 5. The number of ketones is 1. The van der Waals surface area contributed by atoms with Gasteiger partial charge < -0.3 is 15.0 Å². The second kappa shape index (κ2) is 7.06. The van der Waals surface area contributed by atoms with Crippen molar-refractivity contribution >= 4 is 12.3 Å². The van der Waals surface area contributed by atoms with E-state index in [2.05, 4.69) is 10.1 Å². The normalized spacial score (nSPS) is 17.5. The van der Waals surface area contributed by atoms with Crippen LogP contribution in [-0.2, 0) is 14.3 Å². The van der Waals surface area contributed by atoms with Crippen molar-refractivity contribution in [1.29, 1.82) is 0 Å². The van der Waals surface area contributed by atoms with E-state index in [9.17, 15) is 9.59 Å². The lowest BCUT2D eigenvalue weighted by Gasteiger charge is -2.14. The fourth-order valence-electron chi connectivity index (χ4n) is 1.10. The standard InChI is InChI=1S/C7H12N2O.C5H10O2/c1-9(2)5-6-3-8-4-7(6)10;1-5(2,3)7-4-6/h5,8H,3-4H2,1-2H3;4H,1-3H3/b6-5-;. The van der Waals surface area contributed by atoms with Gasteiger partial charge in [0.05, 0.1) is 6.54 Å². The Hall–Kier alpha value is -1.36. The van der Waals surface area contributed by atoms with Gasteiger partial charge >= 0.3 is 0 Å². The average Bonchev–Trinajstić information content (AvgIpc) is 2.49. The molecule has 0 unspecified atom stereocenters. The van der Waals surface area contributed by atoms with Crippen molar-refractivity contribution < 1.29 is 14.3 Å². The van der Waals surface area contributed by atoms with Crippen LogP contribution >= 0.6 is 0 Å². The molecule has 0 aromatic carbocycles. The topological polar surface area (TPSA) is 58.6 Å². The smallest absolute Gasteiger partial charge is 0.293 e. The van der Waals surface area contributed by atoms with Crippen molar-refractivity contribution in [3.8, 4) is 0 Å². The number of hydrogen-bond donors (Lipinski definition) is 1. The van der Waals surface area contributed by atoms with E-state index in [0.717, 1.165) is 12.1 Å². The minimum absolute atomic E-state index is 0.216. The Morgan fingerprint density at radius 2 is 1.88 bits per heavy atom. The summed E-state index contributed by atoms with van der Waals surface area (Å²) in [5.41, 5.74) is 0.562. The molecular formula is C12H22N2O3. The molecule has 0 radical (unpaired) electrons. The Morgan fingerprint density at radius 3 is 2.12 bits per heavy atom. The van der Waals surface area contributed by atoms with Gasteiger partial charge in [-0.15, -0.1) is 0 Å². The van der Waals surface area contributed by atoms with Crippen LogP contribution in [0.4, 0.5) is 0 Å². The van der Waals surface area contributed by atoms with Gasteiger partial charge in [0.25, 0.3) is 6.47 Å². The van der Waals surface area contributed by atoms with Crippen molar-refractivity contribution in [2.75, 3.05) is 27.2 Å². The summed E-state index contributed by atoms with van der Waals surface area (Å²) in [5, 5.41) is 2.98. The van der Waals surface area contributed by atoms with Gasteiger partial charge in [-0.05, 0) is 20.8 Å². The molecule has 1 saturated heterocycles. The Labute approximate surface area is 103 Å². The zero-order chi connectivity index (χ0) is 13.5. The molecule has 0 aromatic rings. The maximum absolute atomic E-state index is 11.0. The van der Waals surface area contributed by atoms with E-state index in [1.807, 2.05) is 46.0 Å². The van der Waals surface area contributed by atoms with E-state index in [1.165, 1.54) is 0 Å². The van der Waals surface area contributed by atoms with E-state index in [4.69, 9.17) is 0 Å². The molecule has 5 nitrogen and oxygen atoms in total. The molecular weight excluding hydrogens is 220 g/mol. The lowest BCUT2D eigenvalue weighted by molar-refractivity contribution is -0.138. The van der Waals surface area contributed by atoms with Gasteiger partial charge in [-0.1, -0.05) is 0 Å². The molecule has 1 aliphatic rings. The molecule has 17 heavy (non-hydrogen) atoms. The molecule has 1 heterocycles. The molecule has 1 fully saturated rings. The van der Waals surface area contributed by atoms with Gasteiger partial charge in [0.15, 0.2) is 5.78 Å². The number of ether oxygens (including phenoxy) is 1. The highest BCUT2D eigenvalue weighted by Gasteiger charge is 2.15. The average molecular weight is 242 g/mol. The van der Waals surface area contributed by atoms with Gasteiger partial charge in [-0.3, -0.25) is 9.59 Å². The number of nitrogens with zero attached hydrogens (tertiary/aromatic N) is 1. The Balaban J connectivity index is 0.000000325. The van der Waals surface area contributed by atoms with E-state index in [1.54, 1.807) is 0 Å². The third kappa shape index (κ3) is 8.45. The zero-order valence-corrected chi connectivity index (χ0v) is 11.2. The van der Waals surface area contributed by atoms with Gasteiger partial charge in [-0.2, -0.15) is 0 Å². The van der Waals surface area contributed by atoms with Crippen LogP contribution in [-0.4, -0.2) is 49.9 Å². The van der Waals surface area contributed by atoms with Gasteiger partial charge in [0.2, 0.25) is 0 Å². The molecule has 0 atom stereocenters. The van der Waals surface area contributed by atoms with Crippen LogP contribution in [0.15, 0.2) is 11.8 Å². The molecule has 0 aliphatic carbocycles. The van der Waals surface area contributed by atoms with Crippen LogP contribution in [0.5, 0.6) is 0 Å². The minimum Gasteiger partial charge on any atom is -0.462 e. The fourth-order valence-corrected chi connectivity index (χ4v) is 1.10. The van der Waals surface area contributed by atoms with Crippen molar-refractivity contribution in [1.82, 2.24) is 10.2 Å². The molecule has 1 rings (SSSR count). The molecule has 0 spiro atoms. The third-order valence-electron chi connectivity index (χ3n) is 1.77. The van der Waals surface area contributed by atoms with Crippen LogP contribution in [0, 0.1) is 0 Å². The van der Waals surface area contributed by atoms with Gasteiger partial charge in [0, 0.05) is 32.4 Å². The third-order valence-corrected chi connectivity index (χ3v) is 1.77. The summed E-state index contributed by atoms with van der Waals surface area (Å²) in [7, 11) is 3.83. The minimum atomic E-state index is -0.318. The highest BCUT2D eigenvalue weighted by atomic mass is 16.5. The summed E-state index contributed by atoms with van der Waals surface area (Å²) in [6.07, 6.45) is 1.86. The summed E-state index contributed by atoms with van der Waals surface area (Å²) in [6.45, 7) is 7.14. The molecule has 0 bridgehead atoms. The monoisotopic (exact) mass is 242 g/mol. The zero-order valence-electron chi connectivity index (χ0n) is 11.2. The van der Waals surface area contributed by atoms with Crippen LogP contribution in [0.2, 0.25) is 0 Å². The first-order chi connectivity index (χ1) is 7.76. The number of nitrogens with one attached hydrogen (secondary N) is 1. The van der Waals surface area contributed by atoms with E-state index < -0.39 is 0 Å². The maximum Gasteiger partial charge on any atom is 0.293 e. The first-order valence-corrected chi connectivity index (χ1v) is 5.49. The van der Waals surface area contributed by atoms with Crippen LogP contribution in [0.3, 0.4) is 0 Å². The molecule has 5 heteroatoms. The summed E-state index contributed by atoms with van der Waals surface area (Å²) in [4.78, 5) is 22.4. The summed E-state index contributed by atoms with van der Waals surface area (Å²) in [6, 6.07) is 0. The lowest BCUT2D eigenvalue weighted by Crippen LogP contribution is -2.17. The van der Waals surface area contributed by atoms with E-state index in [0.29, 0.717) is 13.0 Å². The highest BCUT2D eigenvalue weighted by Crippen LogP contribution is 2.02. The van der Waals surface area contributed by atoms with Crippen LogP contribution in [0.1, 0.15) is 20.8 Å². The Bertz CT molecular complexity index is 291. The van der Waals surface area contributed by atoms with Crippen molar-refractivity contribution in [3.05, 3.63) is 11.8 Å². The predicted octanol–water partition coefficient (Wildman–Crippen LogP) is 0.562. The quantitative estimate of drug-likeness (QED) is 0.566. The lowest BCUT2D eigenvalue weighted by atomic mass is 10.2. The predicted molar refractivity (Wildman–Crippen MR) is 66.5 cm³/mol. The van der Waals surface area contributed by atoms with Crippen molar-refractivity contribution in [3.63, 3.8) is 0 Å². The highest BCUT2D eigenvalue weighted by molar-refractivity contribution is 5.99. The SMILES string of the molecule is CC(C)(C)OC=O.CN(C)/C=C1/CNCC1=O. The number of Topliss-reactive ketones (excluding diaryl/α,β-unsaturated/α-hetero) is 1. The van der Waals surface area contributed by atoms with Gasteiger partial charge in [-0.25, -0.2) is 0 Å². The fraction of sp³-hybridized carbons (Fsp3) is 0.667. The van der Waals surface area contributed by atoms with Crippen molar-refractivity contribution in [2.45, 2.75) is 26.4 Å². The second-order valence-corrected chi connectivity index (χ2v) is 4.97. The summed E-state index contributed by atoms with van der Waals surface area (Å²) < 4.78 is 4.55. The van der Waals surface area contributed by atoms with E-state index in [-0.39, 0.29) is 11.4 Å². The molecule has 0 aromatic heterocycles. The Morgan fingerprint density at radius 1 is 1.29 bits per heavy atom. The number of carbonyl (C=O) groups is 2. The van der Waals surface area contributed by atoms with Crippen LogP contribution < -0.4 is 5.32 Å². The molecule has 98 valence electrons. The Kier molecular flexibility index (Phi) is 6.50. The van der Waals surface area contributed by atoms with Crippen molar-refractivity contribution in [2.24, 2.45) is 0 Å². The molecule has 0 saturated carbocycles. The van der Waals surface area contributed by atoms with Crippen LogP contribution in [0.25, 0.3) is 0 Å².